The highest BCUT2D eigenvalue weighted by molar-refractivity contribution is 6.05. The predicted octanol–water partition coefficient (Wildman–Crippen LogP) is 6.19. The molecule has 0 bridgehead atoms. The lowest BCUT2D eigenvalue weighted by molar-refractivity contribution is 0.437. The number of hydrogen-bond acceptors (Lipinski definition) is 2. The fourth-order valence-corrected chi connectivity index (χ4v) is 4.02. The first-order chi connectivity index (χ1) is 11.6. The minimum absolute atomic E-state index is 0.00601. The van der Waals surface area contributed by atoms with E-state index in [-0.39, 0.29) is 5.66 Å². The Bertz CT molecular complexity index is 684. The zero-order chi connectivity index (χ0) is 17.2. The van der Waals surface area contributed by atoms with Gasteiger partial charge in [-0.15, -0.1) is 0 Å². The van der Waals surface area contributed by atoms with Gasteiger partial charge in [-0.2, -0.15) is 0 Å². The molecule has 24 heavy (non-hydrogen) atoms. The lowest BCUT2D eigenvalue weighted by Gasteiger charge is -2.51. The fourth-order valence-electron chi connectivity index (χ4n) is 4.02. The van der Waals surface area contributed by atoms with Gasteiger partial charge in [-0.25, -0.2) is 0 Å². The van der Waals surface area contributed by atoms with Gasteiger partial charge in [-0.1, -0.05) is 63.3 Å². The molecule has 0 saturated heterocycles. The summed E-state index contributed by atoms with van der Waals surface area (Å²) in [7, 11) is 2.24. The number of hydrogen-bond donors (Lipinski definition) is 0. The average molecular weight is 325 g/mol. The van der Waals surface area contributed by atoms with E-state index in [1.54, 1.807) is 0 Å². The molecule has 3 rings (SSSR count). The van der Waals surface area contributed by atoms with Crippen LogP contribution in [0.1, 0.15) is 59.3 Å². The van der Waals surface area contributed by atoms with Crippen LogP contribution in [0.25, 0.3) is 10.8 Å². The second-order valence-electron chi connectivity index (χ2n) is 7.63. The Morgan fingerprint density at radius 2 is 1.46 bits per heavy atom. The Balaban J connectivity index is 1.84. The van der Waals surface area contributed by atoms with Crippen LogP contribution in [0.15, 0.2) is 36.4 Å². The fraction of sp³-hybridized carbons (Fsp3) is 0.545. The number of rotatable bonds is 7. The van der Waals surface area contributed by atoms with Crippen molar-refractivity contribution in [3.63, 3.8) is 0 Å². The van der Waals surface area contributed by atoms with Crippen molar-refractivity contribution in [3.05, 3.63) is 36.4 Å². The number of unbranched alkanes of at least 4 members (excludes halogenated alkanes) is 5. The first kappa shape index (κ1) is 17.1. The molecule has 2 nitrogen and oxygen atoms in total. The Labute approximate surface area is 147 Å². The summed E-state index contributed by atoms with van der Waals surface area (Å²) in [5.41, 5.74) is 2.76. The summed E-state index contributed by atoms with van der Waals surface area (Å²) < 4.78 is 0. The molecule has 0 atom stereocenters. The lowest BCUT2D eigenvalue weighted by atomic mass is 9.96. The molecule has 1 aliphatic rings. The van der Waals surface area contributed by atoms with Crippen LogP contribution in [0.2, 0.25) is 0 Å². The molecule has 0 fully saturated rings. The van der Waals surface area contributed by atoms with E-state index in [0.717, 1.165) is 6.54 Å². The topological polar surface area (TPSA) is 6.48 Å². The molecule has 1 aliphatic heterocycles. The monoisotopic (exact) mass is 324 g/mol. The van der Waals surface area contributed by atoms with E-state index in [9.17, 15) is 0 Å². The maximum Gasteiger partial charge on any atom is 0.107 e. The summed E-state index contributed by atoms with van der Waals surface area (Å²) in [6.07, 6.45) is 8.08. The third kappa shape index (κ3) is 2.99. The van der Waals surface area contributed by atoms with Crippen LogP contribution < -0.4 is 9.80 Å². The van der Waals surface area contributed by atoms with E-state index < -0.39 is 0 Å². The molecule has 2 heteroatoms. The Kier molecular flexibility index (Phi) is 5.03. The van der Waals surface area contributed by atoms with Gasteiger partial charge in [-0.3, -0.25) is 0 Å². The molecule has 0 aromatic heterocycles. The van der Waals surface area contributed by atoms with Crippen LogP contribution in [0, 0.1) is 0 Å². The molecule has 0 unspecified atom stereocenters. The van der Waals surface area contributed by atoms with E-state index in [4.69, 9.17) is 0 Å². The Hall–Kier alpha value is -1.70. The molecule has 0 aliphatic carbocycles. The number of anilines is 2. The number of nitrogens with zero attached hydrogens (tertiary/aromatic N) is 2. The van der Waals surface area contributed by atoms with Gasteiger partial charge in [0.05, 0.1) is 0 Å². The smallest absolute Gasteiger partial charge is 0.107 e. The highest BCUT2D eigenvalue weighted by Crippen LogP contribution is 2.44. The first-order valence-corrected chi connectivity index (χ1v) is 9.60. The van der Waals surface area contributed by atoms with Crippen molar-refractivity contribution in [2.75, 3.05) is 23.4 Å². The van der Waals surface area contributed by atoms with E-state index in [1.807, 2.05) is 0 Å². The zero-order valence-corrected chi connectivity index (χ0v) is 15.8. The third-order valence-electron chi connectivity index (χ3n) is 5.73. The normalized spacial score (nSPS) is 16.0. The van der Waals surface area contributed by atoms with E-state index in [1.165, 1.54) is 60.7 Å². The summed E-state index contributed by atoms with van der Waals surface area (Å²) in [4.78, 5) is 5.06. The molecule has 0 amide bonds. The van der Waals surface area contributed by atoms with Crippen molar-refractivity contribution in [2.24, 2.45) is 0 Å². The largest absolute Gasteiger partial charge is 0.352 e. The maximum atomic E-state index is 2.61. The standard InChI is InChI=1S/C22H32N2/c1-5-6-7-8-9-10-17-24-20-16-12-14-18-13-11-15-19(21(18)20)23(4)22(24,2)3/h11-16H,5-10,17H2,1-4H3. The summed E-state index contributed by atoms with van der Waals surface area (Å²) in [5, 5.41) is 2.76. The highest BCUT2D eigenvalue weighted by Gasteiger charge is 2.37. The molecule has 2 aromatic rings. The van der Waals surface area contributed by atoms with Crippen molar-refractivity contribution in [3.8, 4) is 0 Å². The van der Waals surface area contributed by atoms with Crippen LogP contribution in [-0.2, 0) is 0 Å². The molecule has 1 heterocycles. The SMILES string of the molecule is CCCCCCCCN1c2cccc3cccc(c23)N(C)C1(C)C. The second kappa shape index (κ2) is 7.04. The summed E-state index contributed by atoms with van der Waals surface area (Å²) in [5.74, 6) is 0. The van der Waals surface area contributed by atoms with Gasteiger partial charge in [0.25, 0.3) is 0 Å². The van der Waals surface area contributed by atoms with Gasteiger partial charge < -0.3 is 9.80 Å². The van der Waals surface area contributed by atoms with Gasteiger partial charge in [0.15, 0.2) is 0 Å². The molecular formula is C22H32N2. The summed E-state index contributed by atoms with van der Waals surface area (Å²) in [6, 6.07) is 13.4. The van der Waals surface area contributed by atoms with Crippen molar-refractivity contribution in [1.29, 1.82) is 0 Å². The molecule has 0 radical (unpaired) electrons. The van der Waals surface area contributed by atoms with Gasteiger partial charge >= 0.3 is 0 Å². The first-order valence-electron chi connectivity index (χ1n) is 9.60. The van der Waals surface area contributed by atoms with Crippen LogP contribution in [0.3, 0.4) is 0 Å². The minimum atomic E-state index is 0.00601. The molecule has 0 spiro atoms. The van der Waals surface area contributed by atoms with Crippen molar-refractivity contribution in [2.45, 2.75) is 65.0 Å². The molecule has 0 N–H and O–H groups in total. The van der Waals surface area contributed by atoms with E-state index in [0.29, 0.717) is 0 Å². The quantitative estimate of drug-likeness (QED) is 0.560. The number of benzene rings is 2. The van der Waals surface area contributed by atoms with Crippen molar-refractivity contribution in [1.82, 2.24) is 0 Å². The molecular weight excluding hydrogens is 292 g/mol. The Morgan fingerprint density at radius 1 is 0.833 bits per heavy atom. The predicted molar refractivity (Wildman–Crippen MR) is 107 cm³/mol. The van der Waals surface area contributed by atoms with Crippen LogP contribution in [0.4, 0.5) is 11.4 Å². The minimum Gasteiger partial charge on any atom is -0.352 e. The third-order valence-corrected chi connectivity index (χ3v) is 5.73. The maximum absolute atomic E-state index is 2.61. The van der Waals surface area contributed by atoms with Crippen LogP contribution in [0.5, 0.6) is 0 Å². The average Bonchev–Trinajstić information content (AvgIpc) is 2.58. The summed E-state index contributed by atoms with van der Waals surface area (Å²) >= 11 is 0. The zero-order valence-electron chi connectivity index (χ0n) is 15.8. The molecule has 130 valence electrons. The lowest BCUT2D eigenvalue weighted by Crippen LogP contribution is -2.58. The van der Waals surface area contributed by atoms with E-state index >= 15 is 0 Å². The summed E-state index contributed by atoms with van der Waals surface area (Å²) in [6.45, 7) is 8.11. The van der Waals surface area contributed by atoms with Gasteiger partial charge in [0.2, 0.25) is 0 Å². The van der Waals surface area contributed by atoms with Crippen molar-refractivity contribution >= 4 is 22.1 Å². The molecule has 2 aromatic carbocycles. The Morgan fingerprint density at radius 3 is 2.17 bits per heavy atom. The molecule has 0 saturated carbocycles. The second-order valence-corrected chi connectivity index (χ2v) is 7.63. The van der Waals surface area contributed by atoms with E-state index in [2.05, 4.69) is 74.0 Å². The van der Waals surface area contributed by atoms with Gasteiger partial charge in [0, 0.05) is 30.4 Å². The van der Waals surface area contributed by atoms with Gasteiger partial charge in [-0.05, 0) is 37.8 Å². The highest BCUT2D eigenvalue weighted by atomic mass is 15.4. The van der Waals surface area contributed by atoms with Crippen LogP contribution in [-0.4, -0.2) is 19.3 Å². The van der Waals surface area contributed by atoms with Crippen molar-refractivity contribution < 1.29 is 0 Å². The van der Waals surface area contributed by atoms with Gasteiger partial charge in [0.1, 0.15) is 5.66 Å². The van der Waals surface area contributed by atoms with Crippen LogP contribution >= 0.6 is 0 Å².